The average Bonchev–Trinajstić information content (AvgIpc) is 2.96. The second-order valence-corrected chi connectivity index (χ2v) is 7.20. The maximum absolute atomic E-state index is 13.0. The largest absolute Gasteiger partial charge is 0.497 e. The van der Waals surface area contributed by atoms with Gasteiger partial charge in [0.15, 0.2) is 4.32 Å². The van der Waals surface area contributed by atoms with Crippen LogP contribution in [0.5, 0.6) is 17.2 Å². The first-order chi connectivity index (χ1) is 13.1. The monoisotopic (exact) mass is 401 g/mol. The number of carbonyl (C=O) groups excluding carboxylic acids is 1. The number of anilines is 1. The number of carbonyl (C=O) groups is 1. The van der Waals surface area contributed by atoms with E-state index < -0.39 is 0 Å². The summed E-state index contributed by atoms with van der Waals surface area (Å²) in [6.07, 6.45) is 1.78. The highest BCUT2D eigenvalue weighted by Crippen LogP contribution is 2.40. The molecular weight excluding hydrogens is 382 g/mol. The van der Waals surface area contributed by atoms with Gasteiger partial charge in [-0.05, 0) is 37.3 Å². The number of benzene rings is 2. The number of ether oxygens (including phenoxy) is 3. The second kappa shape index (κ2) is 8.45. The SMILES string of the molecule is CCOc1ccccc1N1C(=O)C(=Cc2ccc(OC)cc2OC)SC1=S. The molecule has 0 aliphatic carbocycles. The molecule has 0 N–H and O–H groups in total. The van der Waals surface area contributed by atoms with Gasteiger partial charge in [0.1, 0.15) is 17.2 Å². The molecule has 5 nitrogen and oxygen atoms in total. The second-order valence-electron chi connectivity index (χ2n) is 5.53. The molecule has 2 aromatic carbocycles. The van der Waals surface area contributed by atoms with Crippen LogP contribution in [0, 0.1) is 0 Å². The van der Waals surface area contributed by atoms with Crippen LogP contribution in [-0.4, -0.2) is 31.1 Å². The lowest BCUT2D eigenvalue weighted by atomic mass is 10.1. The Balaban J connectivity index is 1.96. The van der Waals surface area contributed by atoms with Gasteiger partial charge in [-0.2, -0.15) is 0 Å². The Hall–Kier alpha value is -2.51. The van der Waals surface area contributed by atoms with E-state index in [2.05, 4.69) is 0 Å². The number of para-hydroxylation sites is 2. The predicted octanol–water partition coefficient (Wildman–Crippen LogP) is 4.51. The summed E-state index contributed by atoms with van der Waals surface area (Å²) in [5.41, 5.74) is 1.42. The lowest BCUT2D eigenvalue weighted by Gasteiger charge is -2.18. The first-order valence-corrected chi connectivity index (χ1v) is 9.53. The smallest absolute Gasteiger partial charge is 0.270 e. The van der Waals surface area contributed by atoms with E-state index in [1.807, 2.05) is 43.3 Å². The highest BCUT2D eigenvalue weighted by atomic mass is 32.2. The van der Waals surface area contributed by atoms with Crippen LogP contribution in [0.3, 0.4) is 0 Å². The maximum Gasteiger partial charge on any atom is 0.270 e. The predicted molar refractivity (Wildman–Crippen MR) is 113 cm³/mol. The molecule has 27 heavy (non-hydrogen) atoms. The van der Waals surface area contributed by atoms with Gasteiger partial charge in [0, 0.05) is 11.6 Å². The van der Waals surface area contributed by atoms with Crippen LogP contribution in [0.1, 0.15) is 12.5 Å². The molecule has 0 atom stereocenters. The molecule has 1 amide bonds. The van der Waals surface area contributed by atoms with E-state index in [0.717, 1.165) is 5.56 Å². The van der Waals surface area contributed by atoms with Crippen molar-refractivity contribution in [2.45, 2.75) is 6.92 Å². The van der Waals surface area contributed by atoms with Gasteiger partial charge < -0.3 is 14.2 Å². The number of hydrogen-bond donors (Lipinski definition) is 0. The van der Waals surface area contributed by atoms with Crippen molar-refractivity contribution in [3.63, 3.8) is 0 Å². The van der Waals surface area contributed by atoms with Gasteiger partial charge in [-0.15, -0.1) is 0 Å². The highest BCUT2D eigenvalue weighted by molar-refractivity contribution is 8.27. The molecule has 1 heterocycles. The summed E-state index contributed by atoms with van der Waals surface area (Å²) < 4.78 is 16.7. The molecule has 3 rings (SSSR count). The Kier molecular flexibility index (Phi) is 6.03. The third kappa shape index (κ3) is 3.94. The Bertz CT molecular complexity index is 911. The van der Waals surface area contributed by atoms with Crippen molar-refractivity contribution in [3.8, 4) is 17.2 Å². The highest BCUT2D eigenvalue weighted by Gasteiger charge is 2.35. The molecule has 1 fully saturated rings. The zero-order valence-corrected chi connectivity index (χ0v) is 16.9. The summed E-state index contributed by atoms with van der Waals surface area (Å²) >= 11 is 6.71. The fourth-order valence-corrected chi connectivity index (χ4v) is 3.95. The molecule has 7 heteroatoms. The van der Waals surface area contributed by atoms with E-state index in [-0.39, 0.29) is 5.91 Å². The fourth-order valence-electron chi connectivity index (χ4n) is 2.67. The number of thiocarbonyl (C=S) groups is 1. The van der Waals surface area contributed by atoms with Crippen molar-refractivity contribution in [1.82, 2.24) is 0 Å². The zero-order valence-electron chi connectivity index (χ0n) is 15.2. The average molecular weight is 402 g/mol. The van der Waals surface area contributed by atoms with Crippen molar-refractivity contribution < 1.29 is 19.0 Å². The van der Waals surface area contributed by atoms with E-state index in [4.69, 9.17) is 26.4 Å². The fraction of sp³-hybridized carbons (Fsp3) is 0.200. The number of thioether (sulfide) groups is 1. The molecule has 0 bridgehead atoms. The quantitative estimate of drug-likeness (QED) is 0.524. The summed E-state index contributed by atoms with van der Waals surface area (Å²) in [6, 6.07) is 12.8. The number of methoxy groups -OCH3 is 2. The van der Waals surface area contributed by atoms with Gasteiger partial charge in [0.25, 0.3) is 5.91 Å². The molecule has 0 aromatic heterocycles. The number of amides is 1. The molecule has 1 aliphatic rings. The third-order valence-electron chi connectivity index (χ3n) is 3.93. The van der Waals surface area contributed by atoms with E-state index >= 15 is 0 Å². The number of rotatable bonds is 6. The van der Waals surface area contributed by atoms with Crippen LogP contribution >= 0.6 is 24.0 Å². The summed E-state index contributed by atoms with van der Waals surface area (Å²) in [5, 5.41) is 0. The van der Waals surface area contributed by atoms with Crippen LogP contribution in [0.2, 0.25) is 0 Å². The first kappa shape index (κ1) is 19.3. The Labute approximate surface area is 167 Å². The molecular formula is C20H19NO4S2. The van der Waals surface area contributed by atoms with Gasteiger partial charge in [-0.25, -0.2) is 0 Å². The summed E-state index contributed by atoms with van der Waals surface area (Å²) in [5.74, 6) is 1.74. The molecule has 0 unspecified atom stereocenters. The van der Waals surface area contributed by atoms with Crippen molar-refractivity contribution in [1.29, 1.82) is 0 Å². The van der Waals surface area contributed by atoms with Gasteiger partial charge in [-0.1, -0.05) is 36.1 Å². The van der Waals surface area contributed by atoms with Gasteiger partial charge >= 0.3 is 0 Å². The number of nitrogens with zero attached hydrogens (tertiary/aromatic N) is 1. The normalized spacial score (nSPS) is 15.4. The molecule has 0 saturated carbocycles. The van der Waals surface area contributed by atoms with Crippen molar-refractivity contribution in [2.24, 2.45) is 0 Å². The van der Waals surface area contributed by atoms with Gasteiger partial charge in [0.2, 0.25) is 0 Å². The molecule has 0 spiro atoms. The van der Waals surface area contributed by atoms with Crippen LogP contribution in [0.4, 0.5) is 5.69 Å². The van der Waals surface area contributed by atoms with E-state index in [1.54, 1.807) is 26.4 Å². The zero-order chi connectivity index (χ0) is 19.4. The van der Waals surface area contributed by atoms with Crippen LogP contribution in [0.25, 0.3) is 6.08 Å². The Morgan fingerprint density at radius 3 is 2.59 bits per heavy atom. The molecule has 1 aliphatic heterocycles. The minimum Gasteiger partial charge on any atom is -0.497 e. The van der Waals surface area contributed by atoms with E-state index in [9.17, 15) is 4.79 Å². The minimum absolute atomic E-state index is 0.185. The van der Waals surface area contributed by atoms with Gasteiger partial charge in [-0.3, -0.25) is 9.69 Å². The van der Waals surface area contributed by atoms with Crippen molar-refractivity contribution >= 4 is 46.0 Å². The van der Waals surface area contributed by atoms with Crippen LogP contribution in [0.15, 0.2) is 47.4 Å². The summed E-state index contributed by atoms with van der Waals surface area (Å²) in [7, 11) is 3.17. The molecule has 1 saturated heterocycles. The molecule has 140 valence electrons. The number of hydrogen-bond acceptors (Lipinski definition) is 6. The van der Waals surface area contributed by atoms with E-state index in [1.165, 1.54) is 16.7 Å². The molecule has 2 aromatic rings. The topological polar surface area (TPSA) is 48.0 Å². The Morgan fingerprint density at radius 2 is 1.89 bits per heavy atom. The third-order valence-corrected chi connectivity index (χ3v) is 5.23. The van der Waals surface area contributed by atoms with Gasteiger partial charge in [0.05, 0.1) is 31.4 Å². The lowest BCUT2D eigenvalue weighted by Crippen LogP contribution is -2.28. The summed E-state index contributed by atoms with van der Waals surface area (Å²) in [6.45, 7) is 2.40. The van der Waals surface area contributed by atoms with Crippen molar-refractivity contribution in [3.05, 3.63) is 52.9 Å². The minimum atomic E-state index is -0.185. The standard InChI is InChI=1S/C20H19NO4S2/c1-4-25-16-8-6-5-7-15(16)21-19(22)18(27-20(21)26)11-13-9-10-14(23-2)12-17(13)24-3/h5-12H,4H2,1-3H3. The first-order valence-electron chi connectivity index (χ1n) is 8.30. The maximum atomic E-state index is 13.0. The molecule has 0 radical (unpaired) electrons. The van der Waals surface area contributed by atoms with Crippen molar-refractivity contribution in [2.75, 3.05) is 25.7 Å². The van der Waals surface area contributed by atoms with Crippen LogP contribution in [-0.2, 0) is 4.79 Å². The summed E-state index contributed by atoms with van der Waals surface area (Å²) in [4.78, 5) is 15.1. The van der Waals surface area contributed by atoms with Crippen LogP contribution < -0.4 is 19.1 Å². The Morgan fingerprint density at radius 1 is 1.11 bits per heavy atom. The lowest BCUT2D eigenvalue weighted by molar-refractivity contribution is -0.113. The van der Waals surface area contributed by atoms with E-state index in [0.29, 0.717) is 38.8 Å².